The number of hydrogen-bond donors (Lipinski definition) is 0. The molecule has 0 spiro atoms. The van der Waals surface area contributed by atoms with Gasteiger partial charge in [0.1, 0.15) is 11.7 Å². The third-order valence-electron chi connectivity index (χ3n) is 4.76. The summed E-state index contributed by atoms with van der Waals surface area (Å²) in [7, 11) is 0. The lowest BCUT2D eigenvalue weighted by Gasteiger charge is -2.15. The van der Waals surface area contributed by atoms with Gasteiger partial charge in [0, 0.05) is 12.0 Å². The maximum Gasteiger partial charge on any atom is 0.129 e. The maximum atomic E-state index is 11.0. The Morgan fingerprint density at radius 1 is 0.783 bits per heavy atom. The Kier molecular flexibility index (Phi) is 15.4. The predicted octanol–water partition coefficient (Wildman–Crippen LogP) is 6.45. The summed E-state index contributed by atoms with van der Waals surface area (Å²) < 4.78 is 0. The van der Waals surface area contributed by atoms with E-state index in [0.717, 1.165) is 37.7 Å². The summed E-state index contributed by atoms with van der Waals surface area (Å²) in [6.07, 6.45) is 16.7. The van der Waals surface area contributed by atoms with Crippen LogP contribution in [0.3, 0.4) is 0 Å². The van der Waals surface area contributed by atoms with Gasteiger partial charge in [-0.25, -0.2) is 4.79 Å². The summed E-state index contributed by atoms with van der Waals surface area (Å²) in [4.78, 5) is 21.8. The number of rotatable bonds is 16. The first-order valence-electron chi connectivity index (χ1n) is 9.82. The van der Waals surface area contributed by atoms with E-state index in [2.05, 4.69) is 12.9 Å². The molecular weight excluding hydrogens is 284 g/mol. The van der Waals surface area contributed by atoms with Gasteiger partial charge >= 0.3 is 0 Å². The molecule has 0 aliphatic carbocycles. The second kappa shape index (κ2) is 16.0. The maximum absolute atomic E-state index is 11.0. The minimum absolute atomic E-state index is 0.302. The molecule has 1 atom stereocenters. The van der Waals surface area contributed by atoms with Crippen LogP contribution in [0.5, 0.6) is 0 Å². The lowest BCUT2D eigenvalue weighted by molar-refractivity contribution is -0.117. The minimum atomic E-state index is 0.302. The highest BCUT2D eigenvalue weighted by molar-refractivity contribution is 5.75. The molecule has 0 amide bonds. The van der Waals surface area contributed by atoms with E-state index in [-0.39, 0.29) is 0 Å². The summed E-state index contributed by atoms with van der Waals surface area (Å²) >= 11 is 0. The Balaban J connectivity index is 3.76. The molecule has 0 fully saturated rings. The fraction of sp³-hybridized carbons (Fsp3) is 0.857. The van der Waals surface area contributed by atoms with E-state index in [1.165, 1.54) is 57.8 Å². The Hall–Kier alpha value is -0.880. The van der Waals surface area contributed by atoms with Crippen molar-refractivity contribution >= 4 is 11.7 Å². The van der Waals surface area contributed by atoms with Crippen LogP contribution in [-0.2, 0) is 9.59 Å². The third-order valence-corrected chi connectivity index (χ3v) is 4.76. The topological polar surface area (TPSA) is 34.1 Å². The van der Waals surface area contributed by atoms with E-state index in [1.54, 1.807) is 6.92 Å². The van der Waals surface area contributed by atoms with Crippen molar-refractivity contribution in [2.24, 2.45) is 5.92 Å². The molecule has 0 heterocycles. The van der Waals surface area contributed by atoms with Crippen LogP contribution in [-0.4, -0.2) is 11.7 Å². The van der Waals surface area contributed by atoms with Gasteiger partial charge in [-0.15, -0.1) is 0 Å². The smallest absolute Gasteiger partial charge is 0.129 e. The number of unbranched alkanes of at least 4 members (excludes halogenated alkanes) is 9. The first-order chi connectivity index (χ1) is 11.1. The fourth-order valence-electron chi connectivity index (χ4n) is 3.13. The van der Waals surface area contributed by atoms with Crippen LogP contribution in [0.1, 0.15) is 111 Å². The molecule has 0 rings (SSSR count). The molecule has 0 aromatic heterocycles. The molecule has 0 saturated carbocycles. The highest BCUT2D eigenvalue weighted by atomic mass is 16.1. The van der Waals surface area contributed by atoms with Gasteiger partial charge in [-0.2, -0.15) is 0 Å². The average Bonchev–Trinajstić information content (AvgIpc) is 2.54. The van der Waals surface area contributed by atoms with Crippen LogP contribution in [0.2, 0.25) is 0 Å². The molecule has 2 heteroatoms. The van der Waals surface area contributed by atoms with Gasteiger partial charge in [-0.1, -0.05) is 71.1 Å². The standard InChI is InChI=1S/C21H38O2/c1-4-5-6-7-10-13-16-21(19(2)18-22)17-14-11-8-9-12-15-20(3)23/h21H,4-17H2,1-3H3. The largest absolute Gasteiger partial charge is 0.300 e. The Morgan fingerprint density at radius 2 is 1.26 bits per heavy atom. The fourth-order valence-corrected chi connectivity index (χ4v) is 3.13. The van der Waals surface area contributed by atoms with Gasteiger partial charge in [-0.05, 0) is 39.0 Å². The summed E-state index contributed by atoms with van der Waals surface area (Å²) in [5.74, 6) is 2.87. The monoisotopic (exact) mass is 322 g/mol. The predicted molar refractivity (Wildman–Crippen MR) is 99.4 cm³/mol. The number of ketones is 1. The molecule has 0 radical (unpaired) electrons. The SMILES string of the molecule is CCCCCCCCC(CCCCCCCC(C)=O)C(C)=C=O. The van der Waals surface area contributed by atoms with E-state index < -0.39 is 0 Å². The highest BCUT2D eigenvalue weighted by Crippen LogP contribution is 2.24. The van der Waals surface area contributed by atoms with Crippen LogP contribution in [0.25, 0.3) is 0 Å². The quantitative estimate of drug-likeness (QED) is 0.242. The van der Waals surface area contributed by atoms with Crippen molar-refractivity contribution in [3.05, 3.63) is 5.57 Å². The molecule has 0 aromatic carbocycles. The average molecular weight is 323 g/mol. The highest BCUT2D eigenvalue weighted by Gasteiger charge is 2.11. The molecule has 0 aliphatic heterocycles. The zero-order valence-corrected chi connectivity index (χ0v) is 15.8. The summed E-state index contributed by atoms with van der Waals surface area (Å²) in [6.45, 7) is 5.86. The third kappa shape index (κ3) is 14.4. The van der Waals surface area contributed by atoms with E-state index >= 15 is 0 Å². The van der Waals surface area contributed by atoms with Gasteiger partial charge in [0.2, 0.25) is 0 Å². The van der Waals surface area contributed by atoms with Crippen LogP contribution in [0.15, 0.2) is 5.57 Å². The van der Waals surface area contributed by atoms with Crippen molar-refractivity contribution in [3.63, 3.8) is 0 Å². The van der Waals surface area contributed by atoms with E-state index in [4.69, 9.17) is 0 Å². The zero-order valence-electron chi connectivity index (χ0n) is 15.8. The molecule has 2 nitrogen and oxygen atoms in total. The molecule has 0 N–H and O–H groups in total. The van der Waals surface area contributed by atoms with Crippen LogP contribution >= 0.6 is 0 Å². The van der Waals surface area contributed by atoms with Gasteiger partial charge in [0.25, 0.3) is 0 Å². The van der Waals surface area contributed by atoms with E-state index in [9.17, 15) is 9.59 Å². The van der Waals surface area contributed by atoms with Crippen molar-refractivity contribution in [2.75, 3.05) is 0 Å². The first-order valence-corrected chi connectivity index (χ1v) is 9.82. The molecule has 1 unspecified atom stereocenters. The molecule has 0 saturated heterocycles. The summed E-state index contributed by atoms with van der Waals surface area (Å²) in [5.41, 5.74) is 0.912. The normalized spacial score (nSPS) is 12.0. The summed E-state index contributed by atoms with van der Waals surface area (Å²) in [5, 5.41) is 0. The molecule has 23 heavy (non-hydrogen) atoms. The number of allylic oxidation sites excluding steroid dienone is 1. The second-order valence-electron chi connectivity index (χ2n) is 7.05. The molecule has 134 valence electrons. The Morgan fingerprint density at radius 3 is 1.74 bits per heavy atom. The van der Waals surface area contributed by atoms with Crippen molar-refractivity contribution < 1.29 is 9.59 Å². The minimum Gasteiger partial charge on any atom is -0.300 e. The molecule has 0 aliphatic rings. The van der Waals surface area contributed by atoms with Crippen LogP contribution in [0, 0.1) is 5.92 Å². The van der Waals surface area contributed by atoms with Crippen molar-refractivity contribution in [1.82, 2.24) is 0 Å². The van der Waals surface area contributed by atoms with Crippen LogP contribution < -0.4 is 0 Å². The number of carbonyl (C=O) groups is 1. The van der Waals surface area contributed by atoms with E-state index in [1.807, 2.05) is 6.92 Å². The lowest BCUT2D eigenvalue weighted by atomic mass is 9.89. The number of hydrogen-bond acceptors (Lipinski definition) is 2. The van der Waals surface area contributed by atoms with Crippen molar-refractivity contribution in [2.45, 2.75) is 111 Å². The Bertz CT molecular complexity index is 340. The lowest BCUT2D eigenvalue weighted by Crippen LogP contribution is -2.03. The van der Waals surface area contributed by atoms with E-state index in [0.29, 0.717) is 11.7 Å². The van der Waals surface area contributed by atoms with Crippen molar-refractivity contribution in [3.8, 4) is 0 Å². The molecule has 0 bridgehead atoms. The van der Waals surface area contributed by atoms with Crippen LogP contribution in [0.4, 0.5) is 0 Å². The van der Waals surface area contributed by atoms with Gasteiger partial charge in [0.05, 0.1) is 0 Å². The second-order valence-corrected chi connectivity index (χ2v) is 7.05. The van der Waals surface area contributed by atoms with Gasteiger partial charge in [0.15, 0.2) is 0 Å². The molecular formula is C21H38O2. The summed E-state index contributed by atoms with van der Waals surface area (Å²) in [6, 6.07) is 0. The Labute approximate surface area is 144 Å². The number of carbonyl (C=O) groups excluding carboxylic acids is 2. The van der Waals surface area contributed by atoms with Gasteiger partial charge in [-0.3, -0.25) is 0 Å². The molecule has 0 aromatic rings. The zero-order chi connectivity index (χ0) is 17.3. The van der Waals surface area contributed by atoms with Crippen molar-refractivity contribution in [1.29, 1.82) is 0 Å². The number of Topliss-reactive ketones (excluding diaryl/α,β-unsaturated/α-hetero) is 1. The van der Waals surface area contributed by atoms with Gasteiger partial charge < -0.3 is 4.79 Å². The first kappa shape index (κ1) is 22.1.